The third-order valence-corrected chi connectivity index (χ3v) is 1.37. The topological polar surface area (TPSA) is 81.1 Å². The van der Waals surface area contributed by atoms with Gasteiger partial charge < -0.3 is 16.8 Å². The third kappa shape index (κ3) is 0.579. The van der Waals surface area contributed by atoms with Crippen molar-refractivity contribution in [2.24, 2.45) is 11.5 Å². The summed E-state index contributed by atoms with van der Waals surface area (Å²) in [6.45, 7) is 1.03. The number of hydrogen-bond acceptors (Lipinski definition) is 3. The molecule has 1 aliphatic rings. The monoisotopic (exact) mass is 115 g/mol. The van der Waals surface area contributed by atoms with Crippen LogP contribution in [-0.2, 0) is 4.79 Å². The molecule has 0 atom stereocenters. The zero-order valence-corrected chi connectivity index (χ0v) is 4.48. The zero-order chi connectivity index (χ0) is 6.20. The minimum atomic E-state index is -0.750. The molecule has 0 aromatic heterocycles. The van der Waals surface area contributed by atoms with Crippen LogP contribution in [0.15, 0.2) is 0 Å². The van der Waals surface area contributed by atoms with E-state index >= 15 is 0 Å². The third-order valence-electron chi connectivity index (χ3n) is 1.37. The molecule has 4 nitrogen and oxygen atoms in total. The second-order valence-electron chi connectivity index (χ2n) is 2.12. The molecule has 1 aliphatic heterocycles. The number of nitrogens with one attached hydrogen (secondary N) is 1. The van der Waals surface area contributed by atoms with Crippen LogP contribution < -0.4 is 16.8 Å². The van der Waals surface area contributed by atoms with Crippen molar-refractivity contribution in [1.82, 2.24) is 5.32 Å². The minimum Gasteiger partial charge on any atom is -0.368 e. The predicted molar refractivity (Wildman–Crippen MR) is 29.0 cm³/mol. The SMILES string of the molecule is NC(=O)C1(N)CNC1. The molecule has 0 spiro atoms. The molecule has 0 aromatic rings. The predicted octanol–water partition coefficient (Wildman–Crippen LogP) is -2.23. The number of hydrogen-bond donors (Lipinski definition) is 3. The molecule has 0 unspecified atom stereocenters. The summed E-state index contributed by atoms with van der Waals surface area (Å²) in [5, 5.41) is 2.86. The van der Waals surface area contributed by atoms with Crippen LogP contribution in [0.3, 0.4) is 0 Å². The molecule has 5 N–H and O–H groups in total. The Balaban J connectivity index is 2.53. The fourth-order valence-electron chi connectivity index (χ4n) is 0.569. The number of amides is 1. The molecule has 1 heterocycles. The molecule has 0 bridgehead atoms. The fourth-order valence-corrected chi connectivity index (χ4v) is 0.569. The second-order valence-corrected chi connectivity index (χ2v) is 2.12. The fraction of sp³-hybridized carbons (Fsp3) is 0.750. The van der Waals surface area contributed by atoms with Gasteiger partial charge >= 0.3 is 0 Å². The lowest BCUT2D eigenvalue weighted by molar-refractivity contribution is -0.124. The molecule has 8 heavy (non-hydrogen) atoms. The van der Waals surface area contributed by atoms with Crippen LogP contribution in [0.25, 0.3) is 0 Å². The molecule has 1 rings (SSSR count). The summed E-state index contributed by atoms with van der Waals surface area (Å²) in [7, 11) is 0. The van der Waals surface area contributed by atoms with Gasteiger partial charge in [-0.25, -0.2) is 0 Å². The van der Waals surface area contributed by atoms with Gasteiger partial charge in [-0.05, 0) is 0 Å². The van der Waals surface area contributed by atoms with Crippen LogP contribution in [0.2, 0.25) is 0 Å². The number of primary amides is 1. The molecule has 0 aromatic carbocycles. The average molecular weight is 115 g/mol. The number of nitrogens with two attached hydrogens (primary N) is 2. The molecule has 1 amide bonds. The second kappa shape index (κ2) is 1.43. The number of carbonyl (C=O) groups excluding carboxylic acids is 1. The van der Waals surface area contributed by atoms with Gasteiger partial charge in [0.15, 0.2) is 0 Å². The van der Waals surface area contributed by atoms with E-state index in [0.717, 1.165) is 0 Å². The van der Waals surface area contributed by atoms with E-state index in [0.29, 0.717) is 13.1 Å². The molecule has 0 radical (unpaired) electrons. The van der Waals surface area contributed by atoms with E-state index in [4.69, 9.17) is 11.5 Å². The van der Waals surface area contributed by atoms with E-state index in [9.17, 15) is 4.79 Å². The quantitative estimate of drug-likeness (QED) is 0.362. The summed E-state index contributed by atoms with van der Waals surface area (Å²) in [6, 6.07) is 0. The lowest BCUT2D eigenvalue weighted by Gasteiger charge is -2.35. The van der Waals surface area contributed by atoms with Crippen molar-refractivity contribution in [3.63, 3.8) is 0 Å². The Morgan fingerprint density at radius 1 is 1.62 bits per heavy atom. The van der Waals surface area contributed by atoms with Crippen molar-refractivity contribution in [2.45, 2.75) is 5.54 Å². The lowest BCUT2D eigenvalue weighted by atomic mass is 9.93. The smallest absolute Gasteiger partial charge is 0.240 e. The Morgan fingerprint density at radius 2 is 2.12 bits per heavy atom. The van der Waals surface area contributed by atoms with Gasteiger partial charge in [0.2, 0.25) is 5.91 Å². The Hall–Kier alpha value is -0.610. The van der Waals surface area contributed by atoms with E-state index in [-0.39, 0.29) is 0 Å². The van der Waals surface area contributed by atoms with Crippen LogP contribution in [0.1, 0.15) is 0 Å². The highest BCUT2D eigenvalue weighted by molar-refractivity contribution is 5.86. The van der Waals surface area contributed by atoms with E-state index in [1.807, 2.05) is 0 Å². The minimum absolute atomic E-state index is 0.420. The Bertz CT molecular complexity index is 118. The summed E-state index contributed by atoms with van der Waals surface area (Å²) in [5.41, 5.74) is 9.59. The van der Waals surface area contributed by atoms with Gasteiger partial charge in [0, 0.05) is 13.1 Å². The van der Waals surface area contributed by atoms with Gasteiger partial charge in [-0.3, -0.25) is 4.79 Å². The van der Waals surface area contributed by atoms with E-state index in [1.54, 1.807) is 0 Å². The highest BCUT2D eigenvalue weighted by Crippen LogP contribution is 2.03. The normalized spacial score (nSPS) is 24.1. The molecule has 46 valence electrons. The van der Waals surface area contributed by atoms with E-state index < -0.39 is 11.4 Å². The van der Waals surface area contributed by atoms with Crippen molar-refractivity contribution in [3.05, 3.63) is 0 Å². The Labute approximate surface area is 47.2 Å². The summed E-state index contributed by atoms with van der Waals surface area (Å²) in [6.07, 6.45) is 0. The van der Waals surface area contributed by atoms with Crippen LogP contribution in [-0.4, -0.2) is 24.5 Å². The molecular weight excluding hydrogens is 106 g/mol. The van der Waals surface area contributed by atoms with Gasteiger partial charge in [-0.1, -0.05) is 0 Å². The van der Waals surface area contributed by atoms with Gasteiger partial charge in [0.1, 0.15) is 5.54 Å². The average Bonchev–Trinajstić information content (AvgIpc) is 1.60. The summed E-state index contributed by atoms with van der Waals surface area (Å²) >= 11 is 0. The molecule has 4 heteroatoms. The van der Waals surface area contributed by atoms with Gasteiger partial charge in [0.25, 0.3) is 0 Å². The van der Waals surface area contributed by atoms with Crippen molar-refractivity contribution in [1.29, 1.82) is 0 Å². The molecular formula is C4H9N3O. The largest absolute Gasteiger partial charge is 0.368 e. The Morgan fingerprint density at radius 3 is 2.12 bits per heavy atom. The first-order valence-electron chi connectivity index (χ1n) is 2.45. The highest BCUT2D eigenvalue weighted by atomic mass is 16.1. The first-order valence-corrected chi connectivity index (χ1v) is 2.45. The maximum Gasteiger partial charge on any atom is 0.240 e. The highest BCUT2D eigenvalue weighted by Gasteiger charge is 2.38. The van der Waals surface area contributed by atoms with Crippen LogP contribution in [0.4, 0.5) is 0 Å². The van der Waals surface area contributed by atoms with Gasteiger partial charge in [0.05, 0.1) is 0 Å². The maximum atomic E-state index is 10.4. The standard InChI is InChI=1S/C4H9N3O/c5-3(8)4(6)1-7-2-4/h7H,1-2,6H2,(H2,5,8). The first kappa shape index (κ1) is 5.53. The van der Waals surface area contributed by atoms with Crippen LogP contribution in [0, 0.1) is 0 Å². The molecule has 1 saturated heterocycles. The summed E-state index contributed by atoms with van der Waals surface area (Å²) in [4.78, 5) is 10.4. The maximum absolute atomic E-state index is 10.4. The zero-order valence-electron chi connectivity index (χ0n) is 4.48. The molecule has 0 aliphatic carbocycles. The van der Waals surface area contributed by atoms with Crippen molar-refractivity contribution >= 4 is 5.91 Å². The van der Waals surface area contributed by atoms with Crippen molar-refractivity contribution in [3.8, 4) is 0 Å². The van der Waals surface area contributed by atoms with Crippen molar-refractivity contribution < 1.29 is 4.79 Å². The van der Waals surface area contributed by atoms with Crippen LogP contribution >= 0.6 is 0 Å². The first-order chi connectivity index (χ1) is 3.65. The van der Waals surface area contributed by atoms with Crippen molar-refractivity contribution in [2.75, 3.05) is 13.1 Å². The lowest BCUT2D eigenvalue weighted by Crippen LogP contribution is -2.72. The number of rotatable bonds is 1. The summed E-state index contributed by atoms with van der Waals surface area (Å²) in [5.74, 6) is -0.420. The number of carbonyl (C=O) groups is 1. The molecule has 1 fully saturated rings. The van der Waals surface area contributed by atoms with E-state index in [2.05, 4.69) is 5.32 Å². The van der Waals surface area contributed by atoms with Gasteiger partial charge in [-0.15, -0.1) is 0 Å². The van der Waals surface area contributed by atoms with Gasteiger partial charge in [-0.2, -0.15) is 0 Å². The molecule has 0 saturated carbocycles. The van der Waals surface area contributed by atoms with E-state index in [1.165, 1.54) is 0 Å². The summed E-state index contributed by atoms with van der Waals surface area (Å²) < 4.78 is 0. The van der Waals surface area contributed by atoms with Crippen LogP contribution in [0.5, 0.6) is 0 Å². The Kier molecular flexibility index (Phi) is 0.988.